The van der Waals surface area contributed by atoms with E-state index < -0.39 is 0 Å². The molecule has 0 spiro atoms. The van der Waals surface area contributed by atoms with Crippen molar-refractivity contribution < 1.29 is 9.32 Å². The molecular weight excluding hydrogens is 306 g/mol. The van der Waals surface area contributed by atoms with E-state index in [-0.39, 0.29) is 18.1 Å². The number of carbonyl (C=O) groups excluding carboxylic acids is 1. The van der Waals surface area contributed by atoms with Gasteiger partial charge in [0.1, 0.15) is 6.26 Å². The summed E-state index contributed by atoms with van der Waals surface area (Å²) in [6, 6.07) is 5.25. The number of halogens is 1. The number of hydrogen-bond donors (Lipinski definition) is 1. The monoisotopic (exact) mass is 317 g/mol. The first-order valence-electron chi connectivity index (χ1n) is 6.49. The van der Waals surface area contributed by atoms with Gasteiger partial charge in [-0.2, -0.15) is 5.10 Å². The number of nitrogens with zero attached hydrogens (tertiary/aromatic N) is 4. The van der Waals surface area contributed by atoms with Crippen LogP contribution in [0.3, 0.4) is 0 Å². The van der Waals surface area contributed by atoms with Gasteiger partial charge in [0.2, 0.25) is 0 Å². The second-order valence-electron chi connectivity index (χ2n) is 4.61. The molecular formula is C14H12ClN5O2. The third-order valence-corrected chi connectivity index (χ3v) is 3.17. The lowest BCUT2D eigenvalue weighted by Gasteiger charge is -2.10. The molecule has 0 radical (unpaired) electrons. The van der Waals surface area contributed by atoms with Crippen LogP contribution in [0.2, 0.25) is 5.02 Å². The average Bonchev–Trinajstić information content (AvgIpc) is 3.17. The van der Waals surface area contributed by atoms with Gasteiger partial charge in [0, 0.05) is 23.9 Å². The maximum absolute atomic E-state index is 11.9. The fourth-order valence-corrected chi connectivity index (χ4v) is 2.06. The third-order valence-electron chi connectivity index (χ3n) is 2.97. The third kappa shape index (κ3) is 2.99. The van der Waals surface area contributed by atoms with E-state index in [1.54, 1.807) is 10.9 Å². The standard InChI is InChI=1S/C14H12ClN5O2/c1-9-2-3-10(6-16-14(21)12-4-5-22-19-12)13(18-9)20-8-11(15)7-17-20/h2-5,7-8H,6H2,1H3,(H,16,21). The molecule has 0 aliphatic heterocycles. The van der Waals surface area contributed by atoms with Crippen molar-refractivity contribution in [3.8, 4) is 5.82 Å². The highest BCUT2D eigenvalue weighted by Crippen LogP contribution is 2.15. The molecule has 3 rings (SSSR count). The fraction of sp³-hybridized carbons (Fsp3) is 0.143. The molecule has 3 aromatic heterocycles. The Hall–Kier alpha value is -2.67. The van der Waals surface area contributed by atoms with Gasteiger partial charge in [0.05, 0.1) is 17.4 Å². The van der Waals surface area contributed by atoms with Crippen molar-refractivity contribution in [2.45, 2.75) is 13.5 Å². The first-order valence-corrected chi connectivity index (χ1v) is 6.87. The van der Waals surface area contributed by atoms with E-state index in [0.29, 0.717) is 10.8 Å². The second-order valence-corrected chi connectivity index (χ2v) is 5.04. The number of pyridine rings is 1. The Morgan fingerprint density at radius 3 is 2.95 bits per heavy atom. The maximum Gasteiger partial charge on any atom is 0.273 e. The fourth-order valence-electron chi connectivity index (χ4n) is 1.92. The number of carbonyl (C=O) groups is 1. The van der Waals surface area contributed by atoms with Gasteiger partial charge >= 0.3 is 0 Å². The highest BCUT2D eigenvalue weighted by molar-refractivity contribution is 6.30. The van der Waals surface area contributed by atoms with Gasteiger partial charge in [-0.25, -0.2) is 9.67 Å². The van der Waals surface area contributed by atoms with Gasteiger partial charge in [-0.3, -0.25) is 4.79 Å². The van der Waals surface area contributed by atoms with Crippen LogP contribution >= 0.6 is 11.6 Å². The number of aryl methyl sites for hydroxylation is 1. The van der Waals surface area contributed by atoms with Gasteiger partial charge in [0.25, 0.3) is 5.91 Å². The van der Waals surface area contributed by atoms with Crippen LogP contribution in [0.5, 0.6) is 0 Å². The van der Waals surface area contributed by atoms with E-state index in [1.165, 1.54) is 18.5 Å². The van der Waals surface area contributed by atoms with Gasteiger partial charge in [-0.15, -0.1) is 0 Å². The number of amides is 1. The lowest BCUT2D eigenvalue weighted by molar-refractivity contribution is 0.0942. The van der Waals surface area contributed by atoms with Crippen molar-refractivity contribution in [3.05, 3.63) is 58.8 Å². The summed E-state index contributed by atoms with van der Waals surface area (Å²) in [5, 5.41) is 11.0. The van der Waals surface area contributed by atoms with E-state index >= 15 is 0 Å². The molecule has 0 bridgehead atoms. The summed E-state index contributed by atoms with van der Waals surface area (Å²) in [5.74, 6) is 0.297. The summed E-state index contributed by atoms with van der Waals surface area (Å²) in [4.78, 5) is 16.4. The molecule has 7 nitrogen and oxygen atoms in total. The molecule has 0 saturated heterocycles. The van der Waals surface area contributed by atoms with Crippen molar-refractivity contribution in [1.29, 1.82) is 0 Å². The number of hydrogen-bond acceptors (Lipinski definition) is 5. The van der Waals surface area contributed by atoms with Crippen molar-refractivity contribution in [1.82, 2.24) is 25.2 Å². The van der Waals surface area contributed by atoms with Gasteiger partial charge in [0.15, 0.2) is 11.5 Å². The predicted molar refractivity (Wildman–Crippen MR) is 78.8 cm³/mol. The zero-order valence-corrected chi connectivity index (χ0v) is 12.4. The molecule has 112 valence electrons. The highest BCUT2D eigenvalue weighted by atomic mass is 35.5. The molecule has 3 aromatic rings. The zero-order chi connectivity index (χ0) is 15.5. The minimum Gasteiger partial charge on any atom is -0.364 e. The van der Waals surface area contributed by atoms with Crippen molar-refractivity contribution in [2.75, 3.05) is 0 Å². The Morgan fingerprint density at radius 2 is 2.27 bits per heavy atom. The van der Waals surface area contributed by atoms with Crippen LogP contribution in [0.25, 0.3) is 5.82 Å². The van der Waals surface area contributed by atoms with Crippen LogP contribution in [0.1, 0.15) is 21.7 Å². The largest absolute Gasteiger partial charge is 0.364 e. The first-order chi connectivity index (χ1) is 10.6. The molecule has 0 aliphatic rings. The zero-order valence-electron chi connectivity index (χ0n) is 11.7. The highest BCUT2D eigenvalue weighted by Gasteiger charge is 2.12. The Morgan fingerprint density at radius 1 is 1.41 bits per heavy atom. The van der Waals surface area contributed by atoms with Crippen LogP contribution < -0.4 is 5.32 Å². The first kappa shape index (κ1) is 14.3. The van der Waals surface area contributed by atoms with Crippen molar-refractivity contribution in [2.24, 2.45) is 0 Å². The smallest absolute Gasteiger partial charge is 0.273 e. The minimum atomic E-state index is -0.321. The molecule has 8 heteroatoms. The normalized spacial score (nSPS) is 10.6. The van der Waals surface area contributed by atoms with Crippen molar-refractivity contribution in [3.63, 3.8) is 0 Å². The minimum absolute atomic E-state index is 0.226. The number of nitrogens with one attached hydrogen (secondary N) is 1. The summed E-state index contributed by atoms with van der Waals surface area (Å²) < 4.78 is 6.22. The second kappa shape index (κ2) is 5.98. The summed E-state index contributed by atoms with van der Waals surface area (Å²) in [7, 11) is 0. The molecule has 22 heavy (non-hydrogen) atoms. The predicted octanol–water partition coefficient (Wildman–Crippen LogP) is 2.15. The Balaban J connectivity index is 1.83. The lowest BCUT2D eigenvalue weighted by Crippen LogP contribution is -2.24. The van der Waals surface area contributed by atoms with Crippen molar-refractivity contribution >= 4 is 17.5 Å². The number of rotatable bonds is 4. The van der Waals surface area contributed by atoms with Gasteiger partial charge < -0.3 is 9.84 Å². The molecule has 0 fully saturated rings. The van der Waals surface area contributed by atoms with E-state index in [9.17, 15) is 4.79 Å². The van der Waals surface area contributed by atoms with Crippen LogP contribution in [0.4, 0.5) is 0 Å². The van der Waals surface area contributed by atoms with Gasteiger partial charge in [-0.1, -0.05) is 22.8 Å². The molecule has 0 saturated carbocycles. The Labute approximate surface area is 130 Å². The summed E-state index contributed by atoms with van der Waals surface area (Å²) in [6.45, 7) is 2.16. The Kier molecular flexibility index (Phi) is 3.88. The molecule has 0 aliphatic carbocycles. The SMILES string of the molecule is Cc1ccc(CNC(=O)c2ccon2)c(-n2cc(Cl)cn2)n1. The van der Waals surface area contributed by atoms with Gasteiger partial charge in [-0.05, 0) is 13.0 Å². The lowest BCUT2D eigenvalue weighted by atomic mass is 10.2. The molecule has 3 heterocycles. The summed E-state index contributed by atoms with van der Waals surface area (Å²) >= 11 is 5.90. The molecule has 0 aromatic carbocycles. The van der Waals surface area contributed by atoms with E-state index in [0.717, 1.165) is 11.3 Å². The van der Waals surface area contributed by atoms with Crippen LogP contribution in [-0.4, -0.2) is 25.8 Å². The average molecular weight is 318 g/mol. The molecule has 1 amide bonds. The van der Waals surface area contributed by atoms with Crippen LogP contribution in [0, 0.1) is 6.92 Å². The van der Waals surface area contributed by atoms with E-state index in [4.69, 9.17) is 11.6 Å². The van der Waals surface area contributed by atoms with Crippen LogP contribution in [0.15, 0.2) is 41.4 Å². The quantitative estimate of drug-likeness (QED) is 0.796. The summed E-state index contributed by atoms with van der Waals surface area (Å²) in [5.41, 5.74) is 1.87. The molecule has 1 N–H and O–H groups in total. The maximum atomic E-state index is 11.9. The Bertz CT molecular complexity index is 797. The number of aromatic nitrogens is 4. The molecule has 0 unspecified atom stereocenters. The topological polar surface area (TPSA) is 85.8 Å². The van der Waals surface area contributed by atoms with E-state index in [2.05, 4.69) is 25.1 Å². The molecule has 0 atom stereocenters. The van der Waals surface area contributed by atoms with Crippen LogP contribution in [-0.2, 0) is 6.54 Å². The van der Waals surface area contributed by atoms with E-state index in [1.807, 2.05) is 19.1 Å². The summed E-state index contributed by atoms with van der Waals surface area (Å²) in [6.07, 6.45) is 4.54.